The van der Waals surface area contributed by atoms with E-state index < -0.39 is 5.54 Å². The number of aromatic hydroxyl groups is 1. The minimum absolute atomic E-state index is 0.0345. The molecular formula is C29H45NO2. The molecule has 1 amide bonds. The van der Waals surface area contributed by atoms with Gasteiger partial charge in [0.15, 0.2) is 0 Å². The fraction of sp³-hybridized carbons (Fsp3) is 0.690. The van der Waals surface area contributed by atoms with Gasteiger partial charge >= 0.3 is 0 Å². The maximum atomic E-state index is 13.7. The van der Waals surface area contributed by atoms with Crippen LogP contribution >= 0.6 is 0 Å². The monoisotopic (exact) mass is 439 g/mol. The van der Waals surface area contributed by atoms with Gasteiger partial charge in [-0.25, -0.2) is 0 Å². The third-order valence-corrected chi connectivity index (χ3v) is 7.68. The lowest BCUT2D eigenvalue weighted by molar-refractivity contribution is -0.134. The van der Waals surface area contributed by atoms with Gasteiger partial charge in [0.05, 0.1) is 11.5 Å². The molecule has 1 saturated heterocycles. The van der Waals surface area contributed by atoms with Crippen molar-refractivity contribution in [1.82, 2.24) is 4.90 Å². The number of phenolic OH excluding ortho intramolecular Hbond substituents is 1. The van der Waals surface area contributed by atoms with Gasteiger partial charge in [-0.3, -0.25) is 4.79 Å². The number of benzene rings is 1. The predicted octanol–water partition coefficient (Wildman–Crippen LogP) is 6.92. The third-order valence-electron chi connectivity index (χ3n) is 7.68. The van der Waals surface area contributed by atoms with Crippen molar-refractivity contribution >= 4 is 5.91 Å². The molecule has 0 bridgehead atoms. The molecule has 0 aromatic heterocycles. The van der Waals surface area contributed by atoms with Crippen LogP contribution in [-0.2, 0) is 21.2 Å². The standard InChI is InChI=1S/C29H45NO2/c1-25(2,3)17-14-18(26(4,5)6)23(31)19(15-17)29-16-20(27(7,8)9)21(29)22(28(10,11)12)24(32)30(29)13/h14-16,21-22,31H,1-13H3. The van der Waals surface area contributed by atoms with Crippen LogP contribution in [0, 0.1) is 22.7 Å². The molecule has 32 heavy (non-hydrogen) atoms. The largest absolute Gasteiger partial charge is 0.507 e. The van der Waals surface area contributed by atoms with Crippen LogP contribution in [0.15, 0.2) is 23.8 Å². The summed E-state index contributed by atoms with van der Waals surface area (Å²) >= 11 is 0. The lowest BCUT2D eigenvalue weighted by atomic mass is 9.53. The summed E-state index contributed by atoms with van der Waals surface area (Å²) in [7, 11) is 1.93. The fourth-order valence-corrected chi connectivity index (χ4v) is 5.75. The van der Waals surface area contributed by atoms with E-state index in [0.29, 0.717) is 5.75 Å². The normalized spacial score (nSPS) is 26.7. The Kier molecular flexibility index (Phi) is 5.34. The number of amides is 1. The Morgan fingerprint density at radius 2 is 1.38 bits per heavy atom. The minimum Gasteiger partial charge on any atom is -0.507 e. The number of likely N-dealkylation sites (N-methyl/N-ethyl adjacent to an activating group) is 1. The Morgan fingerprint density at radius 1 is 0.844 bits per heavy atom. The molecule has 3 atom stereocenters. The molecule has 0 saturated carbocycles. The maximum Gasteiger partial charge on any atom is 0.227 e. The van der Waals surface area contributed by atoms with Crippen molar-refractivity contribution in [3.8, 4) is 5.75 Å². The molecular weight excluding hydrogens is 394 g/mol. The topological polar surface area (TPSA) is 40.5 Å². The quantitative estimate of drug-likeness (QED) is 0.483. The lowest BCUT2D eigenvalue weighted by Crippen LogP contribution is -2.52. The van der Waals surface area contributed by atoms with Crippen LogP contribution in [0.2, 0.25) is 0 Å². The van der Waals surface area contributed by atoms with Crippen LogP contribution in [-0.4, -0.2) is 23.0 Å². The van der Waals surface area contributed by atoms with Gasteiger partial charge in [0.1, 0.15) is 5.75 Å². The number of carbonyl (C=O) groups is 1. The molecule has 0 spiro atoms. The van der Waals surface area contributed by atoms with Crippen molar-refractivity contribution in [3.05, 3.63) is 40.5 Å². The molecule has 1 N–H and O–H groups in total. The molecule has 3 unspecified atom stereocenters. The van der Waals surface area contributed by atoms with Crippen LogP contribution in [0.25, 0.3) is 0 Å². The second-order valence-corrected chi connectivity index (χ2v) is 14.3. The molecule has 1 aliphatic heterocycles. The van der Waals surface area contributed by atoms with Crippen LogP contribution in [0.4, 0.5) is 0 Å². The van der Waals surface area contributed by atoms with Gasteiger partial charge in [-0.1, -0.05) is 101 Å². The second-order valence-electron chi connectivity index (χ2n) is 14.3. The lowest BCUT2D eigenvalue weighted by Gasteiger charge is -2.53. The molecule has 0 radical (unpaired) electrons. The van der Waals surface area contributed by atoms with Crippen molar-refractivity contribution < 1.29 is 9.90 Å². The third kappa shape index (κ3) is 3.51. The number of hydrogen-bond acceptors (Lipinski definition) is 2. The number of hydrogen-bond donors (Lipinski definition) is 1. The van der Waals surface area contributed by atoms with E-state index in [1.54, 1.807) is 0 Å². The van der Waals surface area contributed by atoms with Crippen molar-refractivity contribution in [2.24, 2.45) is 22.7 Å². The molecule has 3 heteroatoms. The summed E-state index contributed by atoms with van der Waals surface area (Å²) < 4.78 is 0. The molecule has 178 valence electrons. The van der Waals surface area contributed by atoms with Crippen molar-refractivity contribution in [3.63, 3.8) is 0 Å². The Bertz CT molecular complexity index is 973. The first-order valence-corrected chi connectivity index (χ1v) is 12.0. The summed E-state index contributed by atoms with van der Waals surface area (Å²) in [5.74, 6) is 0.446. The van der Waals surface area contributed by atoms with Crippen LogP contribution in [0.3, 0.4) is 0 Å². The van der Waals surface area contributed by atoms with E-state index in [1.807, 2.05) is 11.9 Å². The summed E-state index contributed by atoms with van der Waals surface area (Å²) in [6, 6.07) is 4.33. The van der Waals surface area contributed by atoms with E-state index in [2.05, 4.69) is 101 Å². The van der Waals surface area contributed by atoms with Crippen molar-refractivity contribution in [1.29, 1.82) is 0 Å². The first-order chi connectivity index (χ1) is 14.1. The van der Waals surface area contributed by atoms with Gasteiger partial charge in [0, 0.05) is 18.5 Å². The first kappa shape index (κ1) is 24.9. The smallest absolute Gasteiger partial charge is 0.227 e. The number of nitrogens with zero attached hydrogens (tertiary/aromatic N) is 1. The first-order valence-electron chi connectivity index (χ1n) is 12.0. The van der Waals surface area contributed by atoms with Gasteiger partial charge in [0.25, 0.3) is 0 Å². The second kappa shape index (κ2) is 6.87. The number of carbonyl (C=O) groups excluding carboxylic acids is 1. The summed E-state index contributed by atoms with van der Waals surface area (Å²) in [6.07, 6.45) is 2.29. The highest BCUT2D eigenvalue weighted by molar-refractivity contribution is 5.87. The SMILES string of the molecule is CN1C(=O)C(C(C)(C)C)C2C(C(C)(C)C)=CC21c1cc(C(C)(C)C)cc(C(C)(C)C)c1O. The van der Waals surface area contributed by atoms with Gasteiger partial charge in [0.2, 0.25) is 5.91 Å². The minimum atomic E-state index is -0.608. The van der Waals surface area contributed by atoms with Crippen LogP contribution in [0.1, 0.15) is 99.8 Å². The van der Waals surface area contributed by atoms with Gasteiger partial charge in [-0.05, 0) is 38.9 Å². The Balaban J connectivity index is 2.42. The van der Waals surface area contributed by atoms with Crippen LogP contribution < -0.4 is 0 Å². The number of phenols is 1. The summed E-state index contributed by atoms with van der Waals surface area (Å²) in [4.78, 5) is 15.7. The zero-order valence-electron chi connectivity index (χ0n) is 22.7. The van der Waals surface area contributed by atoms with E-state index in [1.165, 1.54) is 11.1 Å². The highest BCUT2D eigenvalue weighted by atomic mass is 16.3. The molecule has 1 aromatic carbocycles. The van der Waals surface area contributed by atoms with Gasteiger partial charge in [-0.15, -0.1) is 0 Å². The van der Waals surface area contributed by atoms with E-state index in [4.69, 9.17) is 0 Å². The number of likely N-dealkylation sites (tertiary alicyclic amines) is 1. The number of fused-ring (bicyclic) bond motifs is 1. The highest BCUT2D eigenvalue weighted by Gasteiger charge is 2.67. The van der Waals surface area contributed by atoms with Crippen molar-refractivity contribution in [2.75, 3.05) is 7.05 Å². The van der Waals surface area contributed by atoms with Crippen LogP contribution in [0.5, 0.6) is 5.75 Å². The van der Waals surface area contributed by atoms with Gasteiger partial charge in [-0.2, -0.15) is 0 Å². The number of rotatable bonds is 1. The van der Waals surface area contributed by atoms with E-state index in [9.17, 15) is 9.90 Å². The molecule has 1 heterocycles. The molecule has 3 rings (SSSR count). The summed E-state index contributed by atoms with van der Waals surface area (Å²) in [5.41, 5.74) is 3.26. The summed E-state index contributed by atoms with van der Waals surface area (Å²) in [6.45, 7) is 26.3. The summed E-state index contributed by atoms with van der Waals surface area (Å²) in [5, 5.41) is 11.7. The molecule has 1 fully saturated rings. The Labute approximate surface area is 196 Å². The fourth-order valence-electron chi connectivity index (χ4n) is 5.75. The van der Waals surface area contributed by atoms with E-state index >= 15 is 0 Å². The maximum absolute atomic E-state index is 13.7. The molecule has 2 aliphatic rings. The Hall–Kier alpha value is -1.77. The molecule has 1 aromatic rings. The van der Waals surface area contributed by atoms with Gasteiger partial charge < -0.3 is 10.0 Å². The highest BCUT2D eigenvalue weighted by Crippen LogP contribution is 2.66. The average molecular weight is 440 g/mol. The van der Waals surface area contributed by atoms with Crippen molar-refractivity contribution in [2.45, 2.75) is 99.5 Å². The van der Waals surface area contributed by atoms with E-state index in [0.717, 1.165) is 11.1 Å². The van der Waals surface area contributed by atoms with E-state index in [-0.39, 0.29) is 39.4 Å². The predicted molar refractivity (Wildman–Crippen MR) is 134 cm³/mol. The zero-order valence-corrected chi connectivity index (χ0v) is 22.7. The molecule has 3 nitrogen and oxygen atoms in total. The Morgan fingerprint density at radius 3 is 1.78 bits per heavy atom. The zero-order chi connectivity index (χ0) is 24.8. The molecule has 1 aliphatic carbocycles. The average Bonchev–Trinajstić information content (AvgIpc) is 2.70.